The van der Waals surface area contributed by atoms with E-state index in [0.29, 0.717) is 16.4 Å². The molecular formula is C21H18ClN5O3. The lowest BCUT2D eigenvalue weighted by Gasteiger charge is -2.23. The van der Waals surface area contributed by atoms with Crippen LogP contribution >= 0.6 is 11.6 Å². The number of fused-ring (bicyclic) bond motifs is 1. The van der Waals surface area contributed by atoms with Gasteiger partial charge in [0.1, 0.15) is 5.82 Å². The van der Waals surface area contributed by atoms with Crippen molar-refractivity contribution in [1.82, 2.24) is 9.97 Å². The zero-order valence-electron chi connectivity index (χ0n) is 16.0. The number of hydrogen-bond donors (Lipinski definition) is 4. The van der Waals surface area contributed by atoms with E-state index >= 15 is 0 Å². The zero-order chi connectivity index (χ0) is 21.3. The van der Waals surface area contributed by atoms with Gasteiger partial charge in [-0.15, -0.1) is 0 Å². The second-order valence-corrected chi connectivity index (χ2v) is 7.41. The molecule has 3 aromatic rings. The lowest BCUT2D eigenvalue weighted by molar-refractivity contribution is -0.123. The fourth-order valence-corrected chi connectivity index (χ4v) is 3.32. The third kappa shape index (κ3) is 4.18. The topological polar surface area (TPSA) is 116 Å². The Balaban J connectivity index is 1.62. The van der Waals surface area contributed by atoms with E-state index in [9.17, 15) is 14.4 Å². The van der Waals surface area contributed by atoms with Crippen LogP contribution in [0.25, 0.3) is 0 Å². The number of carbonyl (C=O) groups is 2. The van der Waals surface area contributed by atoms with Gasteiger partial charge >= 0.3 is 0 Å². The highest BCUT2D eigenvalue weighted by Crippen LogP contribution is 2.30. The SMILES string of the molecule is Cc1ccc(NC(=O)C2CC(=O)Nc3nc(Nc4ccc(Cl)cc4)[nH]c(=O)c32)cc1. The molecule has 8 nitrogen and oxygen atoms in total. The number of benzene rings is 2. The highest BCUT2D eigenvalue weighted by Gasteiger charge is 2.34. The van der Waals surface area contributed by atoms with Gasteiger partial charge in [-0.3, -0.25) is 19.4 Å². The van der Waals surface area contributed by atoms with Gasteiger partial charge in [0.15, 0.2) is 0 Å². The van der Waals surface area contributed by atoms with E-state index in [4.69, 9.17) is 11.6 Å². The van der Waals surface area contributed by atoms with E-state index in [1.165, 1.54) is 0 Å². The van der Waals surface area contributed by atoms with Crippen molar-refractivity contribution in [2.75, 3.05) is 16.0 Å². The molecule has 0 aliphatic carbocycles. The first-order chi connectivity index (χ1) is 14.4. The molecule has 9 heteroatoms. The number of aromatic nitrogens is 2. The number of anilines is 4. The number of rotatable bonds is 4. The summed E-state index contributed by atoms with van der Waals surface area (Å²) in [4.78, 5) is 44.7. The van der Waals surface area contributed by atoms with Crippen molar-refractivity contribution in [3.05, 3.63) is 75.0 Å². The third-order valence-corrected chi connectivity index (χ3v) is 4.95. The van der Waals surface area contributed by atoms with E-state index in [2.05, 4.69) is 25.9 Å². The molecule has 2 heterocycles. The van der Waals surface area contributed by atoms with Gasteiger partial charge < -0.3 is 16.0 Å². The van der Waals surface area contributed by atoms with Crippen LogP contribution < -0.4 is 21.5 Å². The molecular weight excluding hydrogens is 406 g/mol. The molecule has 0 radical (unpaired) electrons. The molecule has 30 heavy (non-hydrogen) atoms. The molecule has 0 bridgehead atoms. The van der Waals surface area contributed by atoms with Crippen molar-refractivity contribution >= 4 is 46.6 Å². The highest BCUT2D eigenvalue weighted by atomic mass is 35.5. The van der Waals surface area contributed by atoms with Crippen molar-refractivity contribution in [1.29, 1.82) is 0 Å². The van der Waals surface area contributed by atoms with Crippen LogP contribution in [-0.4, -0.2) is 21.8 Å². The van der Waals surface area contributed by atoms with Crippen LogP contribution in [0, 0.1) is 6.92 Å². The Morgan fingerprint density at radius 2 is 1.73 bits per heavy atom. The molecule has 1 aliphatic heterocycles. The second-order valence-electron chi connectivity index (χ2n) is 6.97. The summed E-state index contributed by atoms with van der Waals surface area (Å²) in [5.74, 6) is -1.57. The molecule has 1 atom stereocenters. The molecule has 0 saturated carbocycles. The first-order valence-electron chi connectivity index (χ1n) is 9.23. The highest BCUT2D eigenvalue weighted by molar-refractivity contribution is 6.30. The number of hydrogen-bond acceptors (Lipinski definition) is 5. The Labute approximate surface area is 176 Å². The molecule has 2 amide bonds. The Morgan fingerprint density at radius 3 is 2.43 bits per heavy atom. The Hall–Kier alpha value is -3.65. The largest absolute Gasteiger partial charge is 0.326 e. The summed E-state index contributed by atoms with van der Waals surface area (Å²) in [5.41, 5.74) is 1.92. The van der Waals surface area contributed by atoms with Crippen molar-refractivity contribution in [3.63, 3.8) is 0 Å². The van der Waals surface area contributed by atoms with E-state index in [1.54, 1.807) is 36.4 Å². The summed E-state index contributed by atoms with van der Waals surface area (Å²) < 4.78 is 0. The molecule has 4 rings (SSSR count). The fourth-order valence-electron chi connectivity index (χ4n) is 3.19. The minimum absolute atomic E-state index is 0.0653. The van der Waals surface area contributed by atoms with Gasteiger partial charge in [-0.05, 0) is 43.3 Å². The maximum Gasteiger partial charge on any atom is 0.258 e. The summed E-state index contributed by atoms with van der Waals surface area (Å²) in [6.07, 6.45) is -0.139. The lowest BCUT2D eigenvalue weighted by atomic mass is 9.92. The Kier molecular flexibility index (Phi) is 5.24. The maximum atomic E-state index is 12.8. The van der Waals surface area contributed by atoms with Crippen LogP contribution in [0.1, 0.15) is 23.5 Å². The number of nitrogens with one attached hydrogen (secondary N) is 4. The van der Waals surface area contributed by atoms with E-state index < -0.39 is 17.4 Å². The number of aryl methyl sites for hydroxylation is 1. The number of H-pyrrole nitrogens is 1. The summed E-state index contributed by atoms with van der Waals surface area (Å²) in [6.45, 7) is 1.94. The first-order valence-corrected chi connectivity index (χ1v) is 9.61. The molecule has 152 valence electrons. The molecule has 1 aromatic heterocycles. The van der Waals surface area contributed by atoms with Gasteiger partial charge in [0.2, 0.25) is 17.8 Å². The van der Waals surface area contributed by atoms with Crippen LogP contribution in [0.2, 0.25) is 5.02 Å². The summed E-state index contributed by atoms with van der Waals surface area (Å²) in [7, 11) is 0. The zero-order valence-corrected chi connectivity index (χ0v) is 16.7. The first kappa shape index (κ1) is 19.7. The van der Waals surface area contributed by atoms with Gasteiger partial charge in [0, 0.05) is 22.8 Å². The second kappa shape index (κ2) is 8.00. The van der Waals surface area contributed by atoms with E-state index in [-0.39, 0.29) is 29.7 Å². The minimum atomic E-state index is -0.948. The average Bonchev–Trinajstić information content (AvgIpc) is 2.70. The van der Waals surface area contributed by atoms with Crippen molar-refractivity contribution < 1.29 is 9.59 Å². The maximum absolute atomic E-state index is 12.8. The van der Waals surface area contributed by atoms with Gasteiger partial charge in [-0.2, -0.15) is 4.98 Å². The van der Waals surface area contributed by atoms with Crippen LogP contribution in [0.15, 0.2) is 53.3 Å². The normalized spacial score (nSPS) is 15.1. The van der Waals surface area contributed by atoms with Crippen molar-refractivity contribution in [3.8, 4) is 0 Å². The molecule has 1 unspecified atom stereocenters. The van der Waals surface area contributed by atoms with Crippen LogP contribution in [0.5, 0.6) is 0 Å². The average molecular weight is 424 g/mol. The van der Waals surface area contributed by atoms with Crippen molar-refractivity contribution in [2.45, 2.75) is 19.3 Å². The summed E-state index contributed by atoms with van der Waals surface area (Å²) in [6, 6.07) is 14.1. The predicted octanol–water partition coefficient (Wildman–Crippen LogP) is 3.54. The number of amides is 2. The third-order valence-electron chi connectivity index (χ3n) is 4.69. The summed E-state index contributed by atoms with van der Waals surface area (Å²) in [5, 5.41) is 8.86. The predicted molar refractivity (Wildman–Crippen MR) is 115 cm³/mol. The molecule has 0 saturated heterocycles. The minimum Gasteiger partial charge on any atom is -0.326 e. The van der Waals surface area contributed by atoms with Gasteiger partial charge in [-0.1, -0.05) is 29.3 Å². The molecule has 0 fully saturated rings. The molecule has 2 aromatic carbocycles. The quantitative estimate of drug-likeness (QED) is 0.512. The Morgan fingerprint density at radius 1 is 1.07 bits per heavy atom. The van der Waals surface area contributed by atoms with Gasteiger partial charge in [0.05, 0.1) is 11.5 Å². The number of nitrogens with zero attached hydrogens (tertiary/aromatic N) is 1. The number of aromatic amines is 1. The Bertz CT molecular complexity index is 1170. The molecule has 0 spiro atoms. The van der Waals surface area contributed by atoms with E-state index in [0.717, 1.165) is 5.56 Å². The van der Waals surface area contributed by atoms with Gasteiger partial charge in [0.25, 0.3) is 5.56 Å². The molecule has 1 aliphatic rings. The standard InChI is InChI=1S/C21H18ClN5O3/c1-11-2-6-13(7-3-11)23-19(29)15-10-16(28)25-18-17(15)20(30)27-21(26-18)24-14-8-4-12(22)5-9-14/h2-9,15H,10H2,1H3,(H,23,29)(H3,24,25,26,27,28,30). The monoisotopic (exact) mass is 423 g/mol. The van der Waals surface area contributed by atoms with Crippen LogP contribution in [0.3, 0.4) is 0 Å². The number of carbonyl (C=O) groups excluding carboxylic acids is 2. The van der Waals surface area contributed by atoms with E-state index in [1.807, 2.05) is 19.1 Å². The van der Waals surface area contributed by atoms with Crippen LogP contribution in [-0.2, 0) is 9.59 Å². The van der Waals surface area contributed by atoms with Crippen molar-refractivity contribution in [2.24, 2.45) is 0 Å². The fraction of sp³-hybridized carbons (Fsp3) is 0.143. The van der Waals surface area contributed by atoms with Crippen LogP contribution in [0.4, 0.5) is 23.1 Å². The smallest absolute Gasteiger partial charge is 0.258 e. The van der Waals surface area contributed by atoms with Gasteiger partial charge in [-0.25, -0.2) is 0 Å². The summed E-state index contributed by atoms with van der Waals surface area (Å²) >= 11 is 5.88. The lowest BCUT2D eigenvalue weighted by Crippen LogP contribution is -2.36. The number of halogens is 1. The molecule has 4 N–H and O–H groups in total.